The summed E-state index contributed by atoms with van der Waals surface area (Å²) < 4.78 is 10.9. The summed E-state index contributed by atoms with van der Waals surface area (Å²) in [5.41, 5.74) is 5.01. The molecule has 1 amide bonds. The Morgan fingerprint density at radius 1 is 1.19 bits per heavy atom. The zero-order chi connectivity index (χ0) is 19.6. The Bertz CT molecular complexity index is 976. The first-order valence-corrected chi connectivity index (χ1v) is 8.96. The van der Waals surface area contributed by atoms with E-state index in [1.165, 1.54) is 0 Å². The topological polar surface area (TPSA) is 64.4 Å². The molecule has 1 aromatic heterocycles. The molecule has 2 aromatic carbocycles. The molecule has 0 atom stereocenters. The minimum absolute atomic E-state index is 0.258. The van der Waals surface area contributed by atoms with Crippen molar-refractivity contribution in [1.82, 2.24) is 5.16 Å². The number of carbonyl (C=O) groups is 1. The summed E-state index contributed by atoms with van der Waals surface area (Å²) in [5, 5.41) is 7.14. The smallest absolute Gasteiger partial charge is 0.257 e. The molecule has 0 aliphatic heterocycles. The molecule has 140 valence electrons. The number of hydrogen-bond acceptors (Lipinski definition) is 4. The van der Waals surface area contributed by atoms with Gasteiger partial charge in [-0.1, -0.05) is 28.9 Å². The molecule has 1 heterocycles. The van der Waals surface area contributed by atoms with Crippen molar-refractivity contribution in [3.8, 4) is 5.75 Å². The molecular formula is C21H21ClN2O3. The predicted molar refractivity (Wildman–Crippen MR) is 106 cm³/mol. The number of anilines is 1. The fourth-order valence-electron chi connectivity index (χ4n) is 2.71. The molecule has 0 spiro atoms. The quantitative estimate of drug-likeness (QED) is 0.640. The van der Waals surface area contributed by atoms with Crippen LogP contribution in [0.25, 0.3) is 0 Å². The number of nitrogens with one attached hydrogen (secondary N) is 1. The predicted octanol–water partition coefficient (Wildman–Crippen LogP) is 5.39. The Morgan fingerprint density at radius 3 is 2.63 bits per heavy atom. The highest BCUT2D eigenvalue weighted by molar-refractivity contribution is 6.34. The van der Waals surface area contributed by atoms with Gasteiger partial charge >= 0.3 is 0 Å². The SMILES string of the molecule is Cc1cccc(NC(=O)c2ccc(OCc3c(C)noc3C)cc2Cl)c1C. The number of benzene rings is 2. The Balaban J connectivity index is 1.72. The number of nitrogens with zero attached hydrogens (tertiary/aromatic N) is 1. The first-order valence-electron chi connectivity index (χ1n) is 8.58. The zero-order valence-corrected chi connectivity index (χ0v) is 16.5. The molecule has 0 fully saturated rings. The van der Waals surface area contributed by atoms with E-state index in [1.807, 2.05) is 45.9 Å². The van der Waals surface area contributed by atoms with Gasteiger partial charge in [0.25, 0.3) is 5.91 Å². The summed E-state index contributed by atoms with van der Waals surface area (Å²) in [5.74, 6) is 1.04. The van der Waals surface area contributed by atoms with Crippen molar-refractivity contribution < 1.29 is 14.1 Å². The second-order valence-electron chi connectivity index (χ2n) is 6.43. The van der Waals surface area contributed by atoms with Gasteiger partial charge in [-0.25, -0.2) is 0 Å². The molecule has 3 aromatic rings. The fourth-order valence-corrected chi connectivity index (χ4v) is 2.97. The van der Waals surface area contributed by atoms with Gasteiger partial charge < -0.3 is 14.6 Å². The van der Waals surface area contributed by atoms with Crippen LogP contribution in [0.2, 0.25) is 5.02 Å². The lowest BCUT2D eigenvalue weighted by Gasteiger charge is -2.12. The van der Waals surface area contributed by atoms with E-state index in [1.54, 1.807) is 18.2 Å². The van der Waals surface area contributed by atoms with E-state index >= 15 is 0 Å². The standard InChI is InChI=1S/C21H21ClN2O3/c1-12-6-5-7-20(13(12)2)23-21(25)17-9-8-16(10-19(17)22)26-11-18-14(3)24-27-15(18)4/h5-10H,11H2,1-4H3,(H,23,25). The van der Waals surface area contributed by atoms with Crippen LogP contribution in [-0.2, 0) is 6.61 Å². The molecule has 1 N–H and O–H groups in total. The number of hydrogen-bond donors (Lipinski definition) is 1. The van der Waals surface area contributed by atoms with Crippen molar-refractivity contribution in [1.29, 1.82) is 0 Å². The monoisotopic (exact) mass is 384 g/mol. The number of carbonyl (C=O) groups excluding carboxylic acids is 1. The molecule has 3 rings (SSSR count). The maximum Gasteiger partial charge on any atom is 0.257 e. The molecule has 27 heavy (non-hydrogen) atoms. The van der Waals surface area contributed by atoms with E-state index in [2.05, 4.69) is 10.5 Å². The van der Waals surface area contributed by atoms with E-state index in [0.717, 1.165) is 33.8 Å². The van der Waals surface area contributed by atoms with E-state index in [9.17, 15) is 4.79 Å². The lowest BCUT2D eigenvalue weighted by Crippen LogP contribution is -2.13. The molecule has 6 heteroatoms. The molecule has 0 radical (unpaired) electrons. The third-order valence-corrected chi connectivity index (χ3v) is 4.92. The Kier molecular flexibility index (Phi) is 5.51. The Morgan fingerprint density at radius 2 is 1.96 bits per heavy atom. The van der Waals surface area contributed by atoms with Crippen LogP contribution in [0, 0.1) is 27.7 Å². The largest absolute Gasteiger partial charge is 0.489 e. The maximum absolute atomic E-state index is 12.6. The molecule has 0 bridgehead atoms. The lowest BCUT2D eigenvalue weighted by molar-refractivity contribution is 0.102. The van der Waals surface area contributed by atoms with Crippen LogP contribution in [0.5, 0.6) is 5.75 Å². The fraction of sp³-hybridized carbons (Fsp3) is 0.238. The molecular weight excluding hydrogens is 364 g/mol. The summed E-state index contributed by atoms with van der Waals surface area (Å²) in [4.78, 5) is 12.6. The second kappa shape index (κ2) is 7.84. The summed E-state index contributed by atoms with van der Waals surface area (Å²) in [6, 6.07) is 10.8. The minimum Gasteiger partial charge on any atom is -0.489 e. The van der Waals surface area contributed by atoms with Crippen LogP contribution in [0.4, 0.5) is 5.69 Å². The number of ether oxygens (including phenoxy) is 1. The van der Waals surface area contributed by atoms with Crippen LogP contribution in [-0.4, -0.2) is 11.1 Å². The number of amides is 1. The number of halogens is 1. The number of aromatic nitrogens is 1. The van der Waals surface area contributed by atoms with Crippen LogP contribution >= 0.6 is 11.6 Å². The van der Waals surface area contributed by atoms with Crippen molar-refractivity contribution >= 4 is 23.2 Å². The first kappa shape index (κ1) is 19.0. The number of rotatable bonds is 5. The van der Waals surface area contributed by atoms with Crippen molar-refractivity contribution in [2.45, 2.75) is 34.3 Å². The zero-order valence-electron chi connectivity index (χ0n) is 15.7. The average molecular weight is 385 g/mol. The van der Waals surface area contributed by atoms with Crippen molar-refractivity contribution in [3.05, 3.63) is 75.1 Å². The maximum atomic E-state index is 12.6. The summed E-state index contributed by atoms with van der Waals surface area (Å²) >= 11 is 6.31. The van der Waals surface area contributed by atoms with Crippen LogP contribution in [0.1, 0.15) is 38.5 Å². The summed E-state index contributed by atoms with van der Waals surface area (Å²) in [7, 11) is 0. The third kappa shape index (κ3) is 4.14. The average Bonchev–Trinajstić information content (AvgIpc) is 2.95. The molecule has 0 aliphatic rings. The van der Waals surface area contributed by atoms with Gasteiger partial charge in [-0.05, 0) is 63.1 Å². The second-order valence-corrected chi connectivity index (χ2v) is 6.84. The highest BCUT2D eigenvalue weighted by atomic mass is 35.5. The van der Waals surface area contributed by atoms with Gasteiger partial charge in [0.1, 0.15) is 18.1 Å². The van der Waals surface area contributed by atoms with Gasteiger partial charge in [0.2, 0.25) is 0 Å². The molecule has 0 saturated carbocycles. The Labute approximate surface area is 163 Å². The van der Waals surface area contributed by atoms with Gasteiger partial charge in [0, 0.05) is 5.69 Å². The van der Waals surface area contributed by atoms with Crippen molar-refractivity contribution in [2.75, 3.05) is 5.32 Å². The van der Waals surface area contributed by atoms with Crippen molar-refractivity contribution in [3.63, 3.8) is 0 Å². The van der Waals surface area contributed by atoms with Crippen LogP contribution in [0.15, 0.2) is 40.9 Å². The lowest BCUT2D eigenvalue weighted by atomic mass is 10.1. The molecule has 0 aliphatic carbocycles. The number of aryl methyl sites for hydroxylation is 3. The van der Waals surface area contributed by atoms with E-state index in [4.69, 9.17) is 20.9 Å². The third-order valence-electron chi connectivity index (χ3n) is 4.60. The Hall–Kier alpha value is -2.79. The van der Waals surface area contributed by atoms with E-state index < -0.39 is 0 Å². The van der Waals surface area contributed by atoms with Gasteiger partial charge in [0.15, 0.2) is 0 Å². The molecule has 5 nitrogen and oxygen atoms in total. The van der Waals surface area contributed by atoms with Gasteiger partial charge in [-0.15, -0.1) is 0 Å². The molecule has 0 saturated heterocycles. The van der Waals surface area contributed by atoms with Gasteiger partial charge in [-0.2, -0.15) is 0 Å². The van der Waals surface area contributed by atoms with Crippen LogP contribution in [0.3, 0.4) is 0 Å². The van der Waals surface area contributed by atoms with E-state index in [-0.39, 0.29) is 5.91 Å². The summed E-state index contributed by atoms with van der Waals surface area (Å²) in [6.45, 7) is 8.00. The minimum atomic E-state index is -0.258. The molecule has 0 unspecified atom stereocenters. The van der Waals surface area contributed by atoms with Gasteiger partial charge in [0.05, 0.1) is 21.8 Å². The van der Waals surface area contributed by atoms with E-state index in [0.29, 0.717) is 22.9 Å². The normalized spacial score (nSPS) is 10.7. The van der Waals surface area contributed by atoms with Crippen LogP contribution < -0.4 is 10.1 Å². The van der Waals surface area contributed by atoms with Crippen molar-refractivity contribution in [2.24, 2.45) is 0 Å². The first-order chi connectivity index (χ1) is 12.9. The summed E-state index contributed by atoms with van der Waals surface area (Å²) in [6.07, 6.45) is 0. The highest BCUT2D eigenvalue weighted by Crippen LogP contribution is 2.26. The van der Waals surface area contributed by atoms with Gasteiger partial charge in [-0.3, -0.25) is 4.79 Å². The highest BCUT2D eigenvalue weighted by Gasteiger charge is 2.14.